The minimum absolute atomic E-state index is 0.144. The van der Waals surface area contributed by atoms with E-state index in [9.17, 15) is 4.39 Å². The van der Waals surface area contributed by atoms with E-state index < -0.39 is 5.82 Å². The predicted octanol–water partition coefficient (Wildman–Crippen LogP) is 5.07. The van der Waals surface area contributed by atoms with Crippen molar-refractivity contribution in [3.8, 4) is 0 Å². The topological polar surface area (TPSA) is 17.8 Å². The van der Waals surface area contributed by atoms with Gasteiger partial charge in [-0.15, -0.1) is 11.6 Å². The molecule has 1 aliphatic carbocycles. The molecule has 19 heavy (non-hydrogen) atoms. The summed E-state index contributed by atoms with van der Waals surface area (Å²) in [5, 5.41) is 0.144. The molecule has 1 saturated carbocycles. The van der Waals surface area contributed by atoms with Gasteiger partial charge in [-0.2, -0.15) is 0 Å². The van der Waals surface area contributed by atoms with Crippen molar-refractivity contribution in [3.63, 3.8) is 0 Å². The molecule has 0 spiro atoms. The highest BCUT2D eigenvalue weighted by Gasteiger charge is 2.21. The number of alkyl halides is 1. The lowest BCUT2D eigenvalue weighted by Crippen LogP contribution is -2.14. The quantitative estimate of drug-likeness (QED) is 0.708. The number of halogens is 3. The predicted molar refractivity (Wildman–Crippen MR) is 76.4 cm³/mol. The summed E-state index contributed by atoms with van der Waals surface area (Å²) >= 11 is 11.9. The van der Waals surface area contributed by atoms with Crippen molar-refractivity contribution in [2.75, 3.05) is 0 Å². The van der Waals surface area contributed by atoms with Gasteiger partial charge in [-0.1, -0.05) is 30.9 Å². The largest absolute Gasteiger partial charge is 0.324 e. The van der Waals surface area contributed by atoms with E-state index in [0.29, 0.717) is 17.4 Å². The Bertz CT molecular complexity index is 603. The molecule has 0 amide bonds. The summed E-state index contributed by atoms with van der Waals surface area (Å²) in [6.07, 6.45) is 5.99. The van der Waals surface area contributed by atoms with Crippen molar-refractivity contribution in [2.45, 2.75) is 44.0 Å². The molecule has 2 nitrogen and oxygen atoms in total. The molecule has 0 bridgehead atoms. The Labute approximate surface area is 121 Å². The number of benzene rings is 1. The van der Waals surface area contributed by atoms with Gasteiger partial charge >= 0.3 is 0 Å². The van der Waals surface area contributed by atoms with E-state index in [4.69, 9.17) is 23.2 Å². The summed E-state index contributed by atoms with van der Waals surface area (Å²) in [6, 6.07) is 3.48. The third-order valence-corrected chi connectivity index (χ3v) is 4.39. The third kappa shape index (κ3) is 2.34. The third-order valence-electron chi connectivity index (χ3n) is 3.86. The van der Waals surface area contributed by atoms with E-state index in [1.165, 1.54) is 25.3 Å². The van der Waals surface area contributed by atoms with E-state index in [0.717, 1.165) is 24.2 Å². The van der Waals surface area contributed by atoms with Crippen LogP contribution in [-0.2, 0) is 5.88 Å². The Morgan fingerprint density at radius 3 is 2.68 bits per heavy atom. The van der Waals surface area contributed by atoms with Crippen LogP contribution in [0.25, 0.3) is 11.0 Å². The molecule has 0 saturated heterocycles. The number of imidazole rings is 1. The molecule has 1 heterocycles. The summed E-state index contributed by atoms with van der Waals surface area (Å²) in [7, 11) is 0. The number of hydrogen-bond donors (Lipinski definition) is 0. The van der Waals surface area contributed by atoms with Crippen LogP contribution in [0.15, 0.2) is 12.1 Å². The summed E-state index contributed by atoms with van der Waals surface area (Å²) < 4.78 is 15.7. The van der Waals surface area contributed by atoms with Gasteiger partial charge < -0.3 is 4.57 Å². The van der Waals surface area contributed by atoms with Crippen LogP contribution < -0.4 is 0 Å². The second-order valence-electron chi connectivity index (χ2n) is 5.08. The molecule has 1 aliphatic rings. The minimum atomic E-state index is -0.427. The fourth-order valence-corrected chi connectivity index (χ4v) is 3.33. The Morgan fingerprint density at radius 1 is 1.26 bits per heavy atom. The molecule has 0 atom stereocenters. The number of fused-ring (bicyclic) bond motifs is 1. The van der Waals surface area contributed by atoms with Crippen LogP contribution in [-0.4, -0.2) is 9.55 Å². The average molecular weight is 301 g/mol. The van der Waals surface area contributed by atoms with Crippen LogP contribution in [0.3, 0.4) is 0 Å². The fourth-order valence-electron chi connectivity index (χ4n) is 2.98. The highest BCUT2D eigenvalue weighted by molar-refractivity contribution is 6.31. The molecule has 0 aliphatic heterocycles. The van der Waals surface area contributed by atoms with Crippen molar-refractivity contribution < 1.29 is 4.39 Å². The van der Waals surface area contributed by atoms with Gasteiger partial charge in [0.15, 0.2) is 0 Å². The van der Waals surface area contributed by atoms with Gasteiger partial charge in [0, 0.05) is 12.1 Å². The maximum absolute atomic E-state index is 13.5. The highest BCUT2D eigenvalue weighted by Crippen LogP contribution is 2.34. The molecular weight excluding hydrogens is 286 g/mol. The molecule has 1 aromatic carbocycles. The van der Waals surface area contributed by atoms with Gasteiger partial charge in [0.1, 0.15) is 11.6 Å². The summed E-state index contributed by atoms with van der Waals surface area (Å²) in [6.45, 7) is 0. The van der Waals surface area contributed by atoms with E-state index in [2.05, 4.69) is 9.55 Å². The Balaban J connectivity index is 2.16. The van der Waals surface area contributed by atoms with Gasteiger partial charge in [-0.25, -0.2) is 9.37 Å². The van der Waals surface area contributed by atoms with E-state index in [1.807, 2.05) is 0 Å². The first-order chi connectivity index (χ1) is 9.20. The lowest BCUT2D eigenvalue weighted by Gasteiger charge is -2.25. The van der Waals surface area contributed by atoms with Gasteiger partial charge in [0.2, 0.25) is 0 Å². The first kappa shape index (κ1) is 13.2. The number of aromatic nitrogens is 2. The first-order valence-corrected chi connectivity index (χ1v) is 7.54. The van der Waals surface area contributed by atoms with Crippen LogP contribution in [0.4, 0.5) is 4.39 Å². The maximum Gasteiger partial charge on any atom is 0.144 e. The molecule has 5 heteroatoms. The van der Waals surface area contributed by atoms with Crippen LogP contribution >= 0.6 is 23.2 Å². The lowest BCUT2D eigenvalue weighted by atomic mass is 9.95. The SMILES string of the molecule is Fc1cc2nc(CCl)n(C3CCCCC3)c2cc1Cl. The minimum Gasteiger partial charge on any atom is -0.324 e. The van der Waals surface area contributed by atoms with E-state index in [1.54, 1.807) is 6.07 Å². The van der Waals surface area contributed by atoms with Gasteiger partial charge in [0.25, 0.3) is 0 Å². The number of nitrogens with zero attached hydrogens (tertiary/aromatic N) is 2. The zero-order chi connectivity index (χ0) is 13.4. The smallest absolute Gasteiger partial charge is 0.144 e. The summed E-state index contributed by atoms with van der Waals surface area (Å²) in [4.78, 5) is 4.44. The number of hydrogen-bond acceptors (Lipinski definition) is 1. The molecule has 0 N–H and O–H groups in total. The Hall–Kier alpha value is -0.800. The molecule has 1 aromatic heterocycles. The monoisotopic (exact) mass is 300 g/mol. The van der Waals surface area contributed by atoms with Crippen molar-refractivity contribution in [2.24, 2.45) is 0 Å². The molecule has 2 aromatic rings. The summed E-state index contributed by atoms with van der Waals surface area (Å²) in [5.74, 6) is 0.721. The van der Waals surface area contributed by atoms with E-state index >= 15 is 0 Å². The fraction of sp³-hybridized carbons (Fsp3) is 0.500. The maximum atomic E-state index is 13.5. The molecular formula is C14H15Cl2FN2. The van der Waals surface area contributed by atoms with Gasteiger partial charge in [-0.3, -0.25) is 0 Å². The van der Waals surface area contributed by atoms with Crippen molar-refractivity contribution >= 4 is 34.2 Å². The van der Waals surface area contributed by atoms with Crippen LogP contribution in [0.5, 0.6) is 0 Å². The van der Waals surface area contributed by atoms with Gasteiger partial charge in [0.05, 0.1) is 21.9 Å². The molecule has 3 rings (SSSR count). The lowest BCUT2D eigenvalue weighted by molar-refractivity contribution is 0.354. The molecule has 1 fully saturated rings. The Morgan fingerprint density at radius 2 is 2.00 bits per heavy atom. The average Bonchev–Trinajstić information content (AvgIpc) is 2.78. The first-order valence-electron chi connectivity index (χ1n) is 6.62. The van der Waals surface area contributed by atoms with Crippen LogP contribution in [0.2, 0.25) is 5.02 Å². The van der Waals surface area contributed by atoms with Crippen LogP contribution in [0, 0.1) is 5.82 Å². The zero-order valence-corrected chi connectivity index (χ0v) is 12.0. The second-order valence-corrected chi connectivity index (χ2v) is 5.75. The van der Waals surface area contributed by atoms with Gasteiger partial charge in [-0.05, 0) is 18.9 Å². The standard InChI is InChI=1S/C14H15Cl2FN2/c15-8-14-18-12-7-11(17)10(16)6-13(12)19(14)9-4-2-1-3-5-9/h6-7,9H,1-5,8H2. The highest BCUT2D eigenvalue weighted by atomic mass is 35.5. The Kier molecular flexibility index (Phi) is 3.68. The normalized spacial score (nSPS) is 17.2. The van der Waals surface area contributed by atoms with Crippen molar-refractivity contribution in [1.82, 2.24) is 9.55 Å². The van der Waals surface area contributed by atoms with Crippen LogP contribution in [0.1, 0.15) is 44.0 Å². The zero-order valence-electron chi connectivity index (χ0n) is 10.5. The van der Waals surface area contributed by atoms with E-state index in [-0.39, 0.29) is 5.02 Å². The van der Waals surface area contributed by atoms with Crippen molar-refractivity contribution in [3.05, 3.63) is 28.8 Å². The molecule has 0 unspecified atom stereocenters. The van der Waals surface area contributed by atoms with Crippen molar-refractivity contribution in [1.29, 1.82) is 0 Å². The second kappa shape index (κ2) is 5.29. The summed E-state index contributed by atoms with van der Waals surface area (Å²) in [5.41, 5.74) is 1.54. The molecule has 0 radical (unpaired) electrons. The number of rotatable bonds is 2. The molecule has 102 valence electrons.